The van der Waals surface area contributed by atoms with Crippen LogP contribution in [0.4, 0.5) is 0 Å². The standard InChI is InChI=1S/C23H30N2O4/c1-4-5-6-9-12-28-21-11-8-7-10-20(21)23(27)25-24-22(26)16-29-19-14-17(2)13-18(3)15-19/h7-8,10-11,13-15H,4-6,9,12,16H2,1-3H3,(H,24,26)(H,25,27). The molecule has 29 heavy (non-hydrogen) atoms. The number of rotatable bonds is 10. The molecule has 6 nitrogen and oxygen atoms in total. The zero-order valence-electron chi connectivity index (χ0n) is 17.4. The molecule has 0 heterocycles. The van der Waals surface area contributed by atoms with Crippen molar-refractivity contribution in [2.45, 2.75) is 46.5 Å². The summed E-state index contributed by atoms with van der Waals surface area (Å²) in [6.07, 6.45) is 4.37. The SMILES string of the molecule is CCCCCCOc1ccccc1C(=O)NNC(=O)COc1cc(C)cc(C)c1. The number of para-hydroxylation sites is 1. The van der Waals surface area contributed by atoms with Crippen LogP contribution in [0.25, 0.3) is 0 Å². The molecule has 0 atom stereocenters. The van der Waals surface area contributed by atoms with Crippen molar-refractivity contribution in [1.82, 2.24) is 10.9 Å². The summed E-state index contributed by atoms with van der Waals surface area (Å²) in [4.78, 5) is 24.4. The second-order valence-corrected chi connectivity index (χ2v) is 7.02. The van der Waals surface area contributed by atoms with E-state index in [-0.39, 0.29) is 6.61 Å². The molecule has 2 rings (SSSR count). The Balaban J connectivity index is 1.81. The molecule has 2 aromatic carbocycles. The first-order chi connectivity index (χ1) is 14.0. The van der Waals surface area contributed by atoms with E-state index in [1.54, 1.807) is 18.2 Å². The van der Waals surface area contributed by atoms with Gasteiger partial charge in [0.2, 0.25) is 0 Å². The fraction of sp³-hybridized carbons (Fsp3) is 0.391. The lowest BCUT2D eigenvalue weighted by atomic mass is 10.1. The molecule has 0 bridgehead atoms. The van der Waals surface area contributed by atoms with E-state index in [2.05, 4.69) is 17.8 Å². The number of carbonyl (C=O) groups excluding carboxylic acids is 2. The number of carbonyl (C=O) groups is 2. The Kier molecular flexibility index (Phi) is 9.02. The highest BCUT2D eigenvalue weighted by Gasteiger charge is 2.13. The highest BCUT2D eigenvalue weighted by Crippen LogP contribution is 2.18. The number of hydrazine groups is 1. The predicted octanol–water partition coefficient (Wildman–Crippen LogP) is 4.10. The van der Waals surface area contributed by atoms with E-state index in [0.717, 1.165) is 30.4 Å². The molecule has 2 amide bonds. The van der Waals surface area contributed by atoms with Crippen molar-refractivity contribution in [2.24, 2.45) is 0 Å². The Labute approximate surface area is 172 Å². The molecular formula is C23H30N2O4. The second kappa shape index (κ2) is 11.7. The van der Waals surface area contributed by atoms with Gasteiger partial charge in [0.25, 0.3) is 11.8 Å². The van der Waals surface area contributed by atoms with Crippen molar-refractivity contribution in [3.8, 4) is 11.5 Å². The summed E-state index contributed by atoms with van der Waals surface area (Å²) in [6.45, 7) is 6.44. The molecule has 0 aliphatic carbocycles. The average molecular weight is 399 g/mol. The third-order valence-electron chi connectivity index (χ3n) is 4.27. The first-order valence-electron chi connectivity index (χ1n) is 10.0. The molecule has 0 fully saturated rings. The topological polar surface area (TPSA) is 76.7 Å². The number of nitrogens with one attached hydrogen (secondary N) is 2. The number of hydrogen-bond acceptors (Lipinski definition) is 4. The monoisotopic (exact) mass is 398 g/mol. The molecule has 6 heteroatoms. The quantitative estimate of drug-likeness (QED) is 0.467. The summed E-state index contributed by atoms with van der Waals surface area (Å²) in [7, 11) is 0. The van der Waals surface area contributed by atoms with E-state index in [1.165, 1.54) is 6.42 Å². The van der Waals surface area contributed by atoms with Crippen molar-refractivity contribution in [3.05, 3.63) is 59.2 Å². The van der Waals surface area contributed by atoms with Crippen molar-refractivity contribution in [2.75, 3.05) is 13.2 Å². The van der Waals surface area contributed by atoms with Gasteiger partial charge in [0.15, 0.2) is 6.61 Å². The minimum atomic E-state index is -0.449. The zero-order chi connectivity index (χ0) is 21.1. The van der Waals surface area contributed by atoms with Crippen LogP contribution in [0.1, 0.15) is 54.1 Å². The summed E-state index contributed by atoms with van der Waals surface area (Å²) in [5.41, 5.74) is 7.27. The van der Waals surface area contributed by atoms with Gasteiger partial charge >= 0.3 is 0 Å². The average Bonchev–Trinajstić information content (AvgIpc) is 2.70. The summed E-state index contributed by atoms with van der Waals surface area (Å²) < 4.78 is 11.2. The number of benzene rings is 2. The van der Waals surface area contributed by atoms with Gasteiger partial charge in [-0.2, -0.15) is 0 Å². The van der Waals surface area contributed by atoms with Crippen molar-refractivity contribution in [3.63, 3.8) is 0 Å². The van der Waals surface area contributed by atoms with Gasteiger partial charge in [0.05, 0.1) is 12.2 Å². The molecular weight excluding hydrogens is 368 g/mol. The number of unbranched alkanes of at least 4 members (excludes halogenated alkanes) is 3. The lowest BCUT2D eigenvalue weighted by Gasteiger charge is -2.13. The Morgan fingerprint density at radius 3 is 2.34 bits per heavy atom. The van der Waals surface area contributed by atoms with Gasteiger partial charge in [-0.3, -0.25) is 20.4 Å². The van der Waals surface area contributed by atoms with Crippen molar-refractivity contribution >= 4 is 11.8 Å². The minimum Gasteiger partial charge on any atom is -0.493 e. The van der Waals surface area contributed by atoms with Crippen LogP contribution < -0.4 is 20.3 Å². The third-order valence-corrected chi connectivity index (χ3v) is 4.27. The molecule has 2 aromatic rings. The number of hydrogen-bond donors (Lipinski definition) is 2. The van der Waals surface area contributed by atoms with E-state index in [1.807, 2.05) is 38.1 Å². The van der Waals surface area contributed by atoms with Crippen LogP contribution in [0.2, 0.25) is 0 Å². The smallest absolute Gasteiger partial charge is 0.276 e. The maximum absolute atomic E-state index is 12.4. The summed E-state index contributed by atoms with van der Waals surface area (Å²) in [5, 5.41) is 0. The number of aryl methyl sites for hydroxylation is 2. The summed E-state index contributed by atoms with van der Waals surface area (Å²) in [6, 6.07) is 12.7. The first kappa shape index (κ1) is 22.3. The fourth-order valence-corrected chi connectivity index (χ4v) is 2.89. The Bertz CT molecular complexity index is 800. The largest absolute Gasteiger partial charge is 0.493 e. The maximum atomic E-state index is 12.4. The first-order valence-corrected chi connectivity index (χ1v) is 10.0. The van der Waals surface area contributed by atoms with Crippen LogP contribution in [0, 0.1) is 13.8 Å². The molecule has 0 unspecified atom stereocenters. The molecule has 2 N–H and O–H groups in total. The summed E-state index contributed by atoms with van der Waals surface area (Å²) >= 11 is 0. The normalized spacial score (nSPS) is 10.3. The second-order valence-electron chi connectivity index (χ2n) is 7.02. The van der Waals surface area contributed by atoms with Crippen LogP contribution >= 0.6 is 0 Å². The highest BCUT2D eigenvalue weighted by atomic mass is 16.5. The highest BCUT2D eigenvalue weighted by molar-refractivity contribution is 5.97. The number of ether oxygens (including phenoxy) is 2. The van der Waals surface area contributed by atoms with Crippen LogP contribution in [0.5, 0.6) is 11.5 Å². The lowest BCUT2D eigenvalue weighted by Crippen LogP contribution is -2.43. The van der Waals surface area contributed by atoms with E-state index in [0.29, 0.717) is 23.7 Å². The van der Waals surface area contributed by atoms with E-state index in [4.69, 9.17) is 9.47 Å². The lowest BCUT2D eigenvalue weighted by molar-refractivity contribution is -0.123. The Morgan fingerprint density at radius 1 is 0.897 bits per heavy atom. The van der Waals surface area contributed by atoms with Gasteiger partial charge in [-0.25, -0.2) is 0 Å². The molecule has 156 valence electrons. The van der Waals surface area contributed by atoms with Gasteiger partial charge in [0.1, 0.15) is 11.5 Å². The molecule has 0 saturated carbocycles. The zero-order valence-corrected chi connectivity index (χ0v) is 17.4. The molecule has 0 saturated heterocycles. The van der Waals surface area contributed by atoms with E-state index in [9.17, 15) is 9.59 Å². The third kappa shape index (κ3) is 7.86. The minimum absolute atomic E-state index is 0.196. The molecule has 0 aromatic heterocycles. The van der Waals surface area contributed by atoms with Crippen LogP contribution in [0.15, 0.2) is 42.5 Å². The van der Waals surface area contributed by atoms with Crippen LogP contribution in [-0.2, 0) is 4.79 Å². The Morgan fingerprint density at radius 2 is 1.62 bits per heavy atom. The molecule has 0 radical (unpaired) electrons. The molecule has 0 aliphatic heterocycles. The Hall–Kier alpha value is -3.02. The van der Waals surface area contributed by atoms with Gasteiger partial charge in [-0.15, -0.1) is 0 Å². The van der Waals surface area contributed by atoms with E-state index < -0.39 is 11.8 Å². The number of amides is 2. The molecule has 0 spiro atoms. The van der Waals surface area contributed by atoms with Crippen LogP contribution in [0.3, 0.4) is 0 Å². The van der Waals surface area contributed by atoms with Crippen molar-refractivity contribution in [1.29, 1.82) is 0 Å². The maximum Gasteiger partial charge on any atom is 0.276 e. The predicted molar refractivity (Wildman–Crippen MR) is 113 cm³/mol. The van der Waals surface area contributed by atoms with Gasteiger partial charge in [0, 0.05) is 0 Å². The van der Waals surface area contributed by atoms with E-state index >= 15 is 0 Å². The van der Waals surface area contributed by atoms with Gasteiger partial charge < -0.3 is 9.47 Å². The molecule has 0 aliphatic rings. The van der Waals surface area contributed by atoms with Crippen LogP contribution in [-0.4, -0.2) is 25.0 Å². The summed E-state index contributed by atoms with van der Waals surface area (Å²) in [5.74, 6) is 0.234. The van der Waals surface area contributed by atoms with Crippen molar-refractivity contribution < 1.29 is 19.1 Å². The van der Waals surface area contributed by atoms with Gasteiger partial charge in [-0.1, -0.05) is 44.4 Å². The van der Waals surface area contributed by atoms with Gasteiger partial charge in [-0.05, 0) is 55.7 Å². The fourth-order valence-electron chi connectivity index (χ4n) is 2.89.